The van der Waals surface area contributed by atoms with Crippen molar-refractivity contribution in [3.05, 3.63) is 83.9 Å². The third kappa shape index (κ3) is 5.72. The van der Waals surface area contributed by atoms with Gasteiger partial charge in [-0.15, -0.1) is 0 Å². The summed E-state index contributed by atoms with van der Waals surface area (Å²) in [7, 11) is 0. The van der Waals surface area contributed by atoms with Gasteiger partial charge in [0, 0.05) is 11.3 Å². The number of hydrogen-bond donors (Lipinski definition) is 3. The lowest BCUT2D eigenvalue weighted by Crippen LogP contribution is -2.23. The fourth-order valence-electron chi connectivity index (χ4n) is 2.27. The van der Waals surface area contributed by atoms with E-state index in [0.717, 1.165) is 11.4 Å². The van der Waals surface area contributed by atoms with Crippen molar-refractivity contribution < 1.29 is 5.11 Å². The monoisotopic (exact) mass is 389 g/mol. The predicted molar refractivity (Wildman–Crippen MR) is 117 cm³/mol. The molecule has 0 amide bonds. The number of nitrogens with one attached hydrogen (secondary N) is 2. The van der Waals surface area contributed by atoms with Crippen molar-refractivity contribution in [1.82, 2.24) is 5.43 Å². The first kappa shape index (κ1) is 19.2. The Hall–Kier alpha value is -3.58. The Balaban J connectivity index is 1.62. The van der Waals surface area contributed by atoms with Crippen molar-refractivity contribution in [1.29, 1.82) is 0 Å². The van der Waals surface area contributed by atoms with E-state index in [9.17, 15) is 5.11 Å². The van der Waals surface area contributed by atoms with Gasteiger partial charge in [-0.2, -0.15) is 15.3 Å². The van der Waals surface area contributed by atoms with Crippen LogP contribution < -0.4 is 10.7 Å². The highest BCUT2D eigenvalue weighted by Crippen LogP contribution is 2.24. The first-order valence-electron chi connectivity index (χ1n) is 8.57. The van der Waals surface area contributed by atoms with E-state index in [4.69, 9.17) is 12.2 Å². The molecule has 0 bridgehead atoms. The maximum absolute atomic E-state index is 10.0. The average molecular weight is 389 g/mol. The van der Waals surface area contributed by atoms with Crippen molar-refractivity contribution in [2.45, 2.75) is 6.92 Å². The van der Waals surface area contributed by atoms with Crippen LogP contribution in [-0.2, 0) is 0 Å². The lowest BCUT2D eigenvalue weighted by atomic mass is 10.2. The van der Waals surface area contributed by atoms with E-state index in [0.29, 0.717) is 16.4 Å². The quantitative estimate of drug-likeness (QED) is 0.235. The van der Waals surface area contributed by atoms with Crippen LogP contribution in [0.3, 0.4) is 0 Å². The molecule has 140 valence electrons. The molecule has 6 nitrogen and oxygen atoms in total. The number of hydrazone groups is 1. The average Bonchev–Trinajstić information content (AvgIpc) is 2.71. The van der Waals surface area contributed by atoms with Gasteiger partial charge >= 0.3 is 0 Å². The van der Waals surface area contributed by atoms with Crippen LogP contribution in [0.15, 0.2) is 88.1 Å². The van der Waals surface area contributed by atoms with Crippen LogP contribution in [0.25, 0.3) is 0 Å². The van der Waals surface area contributed by atoms with Crippen LogP contribution in [-0.4, -0.2) is 16.4 Å². The molecule has 7 heteroatoms. The standard InChI is InChI=1S/C21H19N5OS/c1-15-7-9-17(10-8-15)23-21(28)26-22-14-16-13-19(11-12-20(16)27)25-24-18-5-3-2-4-6-18/h2-14,27H,1H3,(H2,23,26,28)/b22-14+,25-24?. The van der Waals surface area contributed by atoms with Crippen LogP contribution in [0.2, 0.25) is 0 Å². The van der Waals surface area contributed by atoms with Crippen LogP contribution in [0.1, 0.15) is 11.1 Å². The molecule has 0 spiro atoms. The van der Waals surface area contributed by atoms with Gasteiger partial charge in [0.1, 0.15) is 5.75 Å². The first-order chi connectivity index (χ1) is 13.6. The van der Waals surface area contributed by atoms with Crippen LogP contribution in [0.5, 0.6) is 5.75 Å². The van der Waals surface area contributed by atoms with Gasteiger partial charge in [-0.1, -0.05) is 35.9 Å². The SMILES string of the molecule is Cc1ccc(NC(=S)N/N=C/c2cc(N=Nc3ccccc3)ccc2O)cc1. The van der Waals surface area contributed by atoms with E-state index in [1.807, 2.05) is 61.5 Å². The maximum Gasteiger partial charge on any atom is 0.191 e. The number of nitrogens with zero attached hydrogens (tertiary/aromatic N) is 3. The summed E-state index contributed by atoms with van der Waals surface area (Å²) in [4.78, 5) is 0. The molecule has 28 heavy (non-hydrogen) atoms. The molecule has 3 rings (SSSR count). The number of benzene rings is 3. The minimum absolute atomic E-state index is 0.0848. The molecule has 0 saturated carbocycles. The molecule has 0 heterocycles. The molecule has 3 N–H and O–H groups in total. The number of hydrogen-bond acceptors (Lipinski definition) is 5. The summed E-state index contributed by atoms with van der Waals surface area (Å²) in [6.45, 7) is 2.02. The number of azo groups is 1. The van der Waals surface area contributed by atoms with Gasteiger partial charge in [0.25, 0.3) is 0 Å². The Morgan fingerprint density at radius 1 is 0.929 bits per heavy atom. The molecular formula is C21H19N5OS. The molecule has 0 aromatic heterocycles. The van der Waals surface area contributed by atoms with Crippen molar-refractivity contribution in [3.63, 3.8) is 0 Å². The summed E-state index contributed by atoms with van der Waals surface area (Å²) in [5.74, 6) is 0.0848. The maximum atomic E-state index is 10.0. The highest BCUT2D eigenvalue weighted by atomic mass is 32.1. The molecule has 0 aliphatic heterocycles. The smallest absolute Gasteiger partial charge is 0.191 e. The van der Waals surface area contributed by atoms with Gasteiger partial charge in [0.05, 0.1) is 17.6 Å². The Labute approximate surface area is 168 Å². The molecule has 0 aliphatic carbocycles. The Bertz CT molecular complexity index is 1000. The summed E-state index contributed by atoms with van der Waals surface area (Å²) in [5.41, 5.74) is 6.60. The van der Waals surface area contributed by atoms with E-state index < -0.39 is 0 Å². The zero-order valence-corrected chi connectivity index (χ0v) is 16.0. The van der Waals surface area contributed by atoms with Gasteiger partial charge in [-0.05, 0) is 61.6 Å². The Kier molecular flexibility index (Phi) is 6.43. The van der Waals surface area contributed by atoms with Gasteiger partial charge in [0.15, 0.2) is 5.11 Å². The highest BCUT2D eigenvalue weighted by molar-refractivity contribution is 7.80. The molecule has 0 radical (unpaired) electrons. The molecule has 0 aliphatic rings. The van der Waals surface area contributed by atoms with E-state index in [-0.39, 0.29) is 5.75 Å². The molecule has 3 aromatic rings. The summed E-state index contributed by atoms with van der Waals surface area (Å²) in [6.07, 6.45) is 1.47. The third-order valence-electron chi connectivity index (χ3n) is 3.73. The zero-order chi connectivity index (χ0) is 19.8. The van der Waals surface area contributed by atoms with E-state index in [1.165, 1.54) is 11.8 Å². The molecule has 0 saturated heterocycles. The number of thiocarbonyl (C=S) groups is 1. The second-order valence-electron chi connectivity index (χ2n) is 5.97. The molecule has 0 fully saturated rings. The summed E-state index contributed by atoms with van der Waals surface area (Å²) in [5, 5.41) is 25.8. The Morgan fingerprint density at radius 2 is 1.64 bits per heavy atom. The molecular weight excluding hydrogens is 370 g/mol. The summed E-state index contributed by atoms with van der Waals surface area (Å²) in [6, 6.07) is 22.2. The second-order valence-corrected chi connectivity index (χ2v) is 6.38. The number of rotatable bonds is 5. The second kappa shape index (κ2) is 9.38. The zero-order valence-electron chi connectivity index (χ0n) is 15.2. The molecule has 0 unspecified atom stereocenters. The van der Waals surface area contributed by atoms with Crippen molar-refractivity contribution in [2.75, 3.05) is 5.32 Å². The van der Waals surface area contributed by atoms with Gasteiger partial charge < -0.3 is 10.4 Å². The summed E-state index contributed by atoms with van der Waals surface area (Å²) >= 11 is 5.21. The minimum Gasteiger partial charge on any atom is -0.507 e. The van der Waals surface area contributed by atoms with Crippen LogP contribution >= 0.6 is 12.2 Å². The largest absolute Gasteiger partial charge is 0.507 e. The fraction of sp³-hybridized carbons (Fsp3) is 0.0476. The van der Waals surface area contributed by atoms with Crippen LogP contribution in [0.4, 0.5) is 17.1 Å². The number of phenolic OH excluding ortho intramolecular Hbond substituents is 1. The Morgan fingerprint density at radius 3 is 2.39 bits per heavy atom. The minimum atomic E-state index is 0.0848. The third-order valence-corrected chi connectivity index (χ3v) is 3.92. The lowest BCUT2D eigenvalue weighted by molar-refractivity contribution is 0.474. The molecule has 0 atom stereocenters. The lowest BCUT2D eigenvalue weighted by Gasteiger charge is -2.07. The van der Waals surface area contributed by atoms with Gasteiger partial charge in [-0.25, -0.2) is 0 Å². The number of phenols is 1. The molecule has 3 aromatic carbocycles. The van der Waals surface area contributed by atoms with Gasteiger partial charge in [0.2, 0.25) is 0 Å². The van der Waals surface area contributed by atoms with E-state index in [1.54, 1.807) is 18.2 Å². The first-order valence-corrected chi connectivity index (χ1v) is 8.97. The summed E-state index contributed by atoms with van der Waals surface area (Å²) < 4.78 is 0. The normalized spacial score (nSPS) is 11.0. The van der Waals surface area contributed by atoms with Crippen molar-refractivity contribution >= 4 is 40.6 Å². The van der Waals surface area contributed by atoms with Crippen LogP contribution in [0, 0.1) is 6.92 Å². The fourth-order valence-corrected chi connectivity index (χ4v) is 2.44. The number of anilines is 1. The van der Waals surface area contributed by atoms with Crippen molar-refractivity contribution in [2.24, 2.45) is 15.3 Å². The van der Waals surface area contributed by atoms with Gasteiger partial charge in [-0.3, -0.25) is 5.43 Å². The predicted octanol–water partition coefficient (Wildman–Crippen LogP) is 5.44. The number of aromatic hydroxyl groups is 1. The number of aryl methyl sites for hydroxylation is 1. The van der Waals surface area contributed by atoms with E-state index in [2.05, 4.69) is 26.1 Å². The van der Waals surface area contributed by atoms with Crippen molar-refractivity contribution in [3.8, 4) is 5.75 Å². The van der Waals surface area contributed by atoms with E-state index >= 15 is 0 Å². The topological polar surface area (TPSA) is 81.4 Å². The highest BCUT2D eigenvalue weighted by Gasteiger charge is 2.01.